The lowest BCUT2D eigenvalue weighted by Gasteiger charge is -2.29. The first kappa shape index (κ1) is 32.5. The van der Waals surface area contributed by atoms with Crippen LogP contribution < -0.4 is 10.1 Å². The summed E-state index contributed by atoms with van der Waals surface area (Å²) >= 11 is 0. The van der Waals surface area contributed by atoms with Crippen LogP contribution in [0.4, 0.5) is 4.39 Å². The van der Waals surface area contributed by atoms with Gasteiger partial charge in [-0.3, -0.25) is 14.2 Å². The molecule has 0 saturated heterocycles. The van der Waals surface area contributed by atoms with Gasteiger partial charge in [-0.15, -0.1) is 0 Å². The molecule has 5 nitrogen and oxygen atoms in total. The smallest absolute Gasteiger partial charge is 0.253 e. The first-order valence-electron chi connectivity index (χ1n) is 14.5. The van der Waals surface area contributed by atoms with Gasteiger partial charge >= 0.3 is 0 Å². The fourth-order valence-corrected chi connectivity index (χ4v) is 5.24. The number of halogens is 1. The third kappa shape index (κ3) is 8.17. The van der Waals surface area contributed by atoms with Crippen molar-refractivity contribution in [2.24, 2.45) is 5.92 Å². The zero-order chi connectivity index (χ0) is 29.5. The number of carbonyl (C=O) groups excluding carboxylic acids is 1. The van der Waals surface area contributed by atoms with Gasteiger partial charge in [-0.2, -0.15) is 0 Å². The van der Waals surface area contributed by atoms with Crippen LogP contribution in [0.5, 0.6) is 5.75 Å². The van der Waals surface area contributed by atoms with E-state index in [4.69, 9.17) is 4.74 Å². The molecule has 6 heteroatoms. The number of rotatable bonds is 6. The monoisotopic (exact) mass is 547 g/mol. The maximum absolute atomic E-state index is 13.1. The minimum atomic E-state index is -0.0163. The van der Waals surface area contributed by atoms with Gasteiger partial charge in [0.15, 0.2) is 0 Å². The number of fused-ring (bicyclic) bond motifs is 1. The van der Waals surface area contributed by atoms with Crippen LogP contribution in [-0.2, 0) is 0 Å². The van der Waals surface area contributed by atoms with Crippen LogP contribution in [0.3, 0.4) is 0 Å². The number of aromatic nitrogens is 2. The summed E-state index contributed by atoms with van der Waals surface area (Å²) in [6, 6.07) is 20.3. The number of aromatic amines is 1. The summed E-state index contributed by atoms with van der Waals surface area (Å²) in [4.78, 5) is 20.9. The Hall–Kier alpha value is -3.67. The number of para-hydroxylation sites is 1. The Morgan fingerprint density at radius 1 is 0.975 bits per heavy atom. The van der Waals surface area contributed by atoms with Crippen LogP contribution in [0.2, 0.25) is 0 Å². The number of amides is 1. The second kappa shape index (κ2) is 17.1. The second-order valence-electron chi connectivity index (χ2n) is 9.31. The fourth-order valence-electron chi connectivity index (χ4n) is 5.24. The predicted molar refractivity (Wildman–Crippen MR) is 166 cm³/mol. The molecule has 1 saturated carbocycles. The number of pyridine rings is 1. The Kier molecular flexibility index (Phi) is 13.9. The minimum absolute atomic E-state index is 0.0163. The molecular formula is C34H46FN3O2. The summed E-state index contributed by atoms with van der Waals surface area (Å²) in [6.45, 7) is 10.7. The number of alkyl halides is 1. The number of nitrogens with one attached hydrogen (secondary N) is 2. The van der Waals surface area contributed by atoms with E-state index >= 15 is 0 Å². The summed E-state index contributed by atoms with van der Waals surface area (Å²) < 4.78 is 14.8. The van der Waals surface area contributed by atoms with Gasteiger partial charge in [0.2, 0.25) is 0 Å². The SMILES string of the molecule is CC.CC.CF.COc1ccc(-c2[nH]c(C)cc2C(=O)NCC2CCC(c3ccnc4ccccc34)CC2)cc1. The second-order valence-corrected chi connectivity index (χ2v) is 9.31. The molecular weight excluding hydrogens is 501 g/mol. The largest absolute Gasteiger partial charge is 0.497 e. The summed E-state index contributed by atoms with van der Waals surface area (Å²) in [5.41, 5.74) is 5.99. The van der Waals surface area contributed by atoms with E-state index in [0.29, 0.717) is 24.6 Å². The minimum Gasteiger partial charge on any atom is -0.497 e. The van der Waals surface area contributed by atoms with Crippen molar-refractivity contribution >= 4 is 16.8 Å². The number of ether oxygens (including phenoxy) is 1. The highest BCUT2D eigenvalue weighted by Crippen LogP contribution is 2.38. The lowest BCUT2D eigenvalue weighted by Crippen LogP contribution is -2.31. The van der Waals surface area contributed by atoms with Crippen molar-refractivity contribution in [2.75, 3.05) is 20.8 Å². The molecule has 4 aromatic rings. The van der Waals surface area contributed by atoms with Gasteiger partial charge in [-0.05, 0) is 98.0 Å². The summed E-state index contributed by atoms with van der Waals surface area (Å²) in [6.07, 6.45) is 6.48. The molecule has 0 unspecified atom stereocenters. The Balaban J connectivity index is 0.000000876. The van der Waals surface area contributed by atoms with E-state index in [1.165, 1.54) is 10.9 Å². The Labute approximate surface area is 239 Å². The quantitative estimate of drug-likeness (QED) is 0.253. The van der Waals surface area contributed by atoms with E-state index in [1.54, 1.807) is 7.11 Å². The Morgan fingerprint density at radius 3 is 2.27 bits per heavy atom. The lowest BCUT2D eigenvalue weighted by atomic mass is 9.78. The van der Waals surface area contributed by atoms with Crippen molar-refractivity contribution < 1.29 is 13.9 Å². The molecule has 1 aliphatic carbocycles. The van der Waals surface area contributed by atoms with E-state index in [-0.39, 0.29) is 5.91 Å². The predicted octanol–water partition coefficient (Wildman–Crippen LogP) is 8.89. The summed E-state index contributed by atoms with van der Waals surface area (Å²) in [5, 5.41) is 4.48. The first-order valence-corrected chi connectivity index (χ1v) is 14.5. The van der Waals surface area contributed by atoms with Crippen molar-refractivity contribution in [1.29, 1.82) is 0 Å². The average molecular weight is 548 g/mol. The molecule has 2 N–H and O–H groups in total. The molecule has 5 rings (SSSR count). The molecule has 2 aromatic carbocycles. The highest BCUT2D eigenvalue weighted by molar-refractivity contribution is 6.00. The van der Waals surface area contributed by atoms with Crippen LogP contribution in [0.25, 0.3) is 22.2 Å². The van der Waals surface area contributed by atoms with Gasteiger partial charge in [0.05, 0.1) is 31.1 Å². The van der Waals surface area contributed by atoms with Crippen LogP contribution in [0, 0.1) is 12.8 Å². The topological polar surface area (TPSA) is 67.0 Å². The number of hydrogen-bond donors (Lipinski definition) is 2. The van der Waals surface area contributed by atoms with Gasteiger partial charge in [0, 0.05) is 23.8 Å². The van der Waals surface area contributed by atoms with E-state index in [2.05, 4.69) is 39.6 Å². The number of benzene rings is 2. The van der Waals surface area contributed by atoms with Gasteiger partial charge in [-0.25, -0.2) is 0 Å². The fraction of sp³-hybridized carbons (Fsp3) is 0.412. The number of aryl methyl sites for hydroxylation is 1. The molecule has 0 bridgehead atoms. The van der Waals surface area contributed by atoms with Gasteiger partial charge in [0.1, 0.15) is 5.75 Å². The zero-order valence-corrected chi connectivity index (χ0v) is 25.2. The lowest BCUT2D eigenvalue weighted by molar-refractivity contribution is 0.0943. The molecule has 0 radical (unpaired) electrons. The standard InChI is InChI=1S/C29H31N3O2.2C2H6.CH3F/c1-19-17-26(28(32-19)22-11-13-23(34-2)14-12-22)29(33)31-18-20-7-9-21(10-8-20)24-15-16-30-27-6-4-3-5-25(24)27;3*1-2/h3-6,11-17,20-21,32H,7-10,18H2,1-2H3,(H,31,33);2*1-2H3;1H3. The number of methoxy groups -OCH3 is 1. The highest BCUT2D eigenvalue weighted by atomic mass is 19.1. The van der Waals surface area contributed by atoms with Crippen molar-refractivity contribution in [3.63, 3.8) is 0 Å². The molecule has 2 aromatic heterocycles. The van der Waals surface area contributed by atoms with Crippen molar-refractivity contribution in [3.05, 3.63) is 83.7 Å². The van der Waals surface area contributed by atoms with Gasteiger partial charge < -0.3 is 15.0 Å². The van der Waals surface area contributed by atoms with Crippen LogP contribution in [-0.4, -0.2) is 36.7 Å². The number of nitrogens with zero attached hydrogens (tertiary/aromatic N) is 1. The molecule has 1 aliphatic rings. The van der Waals surface area contributed by atoms with Crippen LogP contribution >= 0.6 is 0 Å². The molecule has 0 aliphatic heterocycles. The van der Waals surface area contributed by atoms with E-state index in [1.807, 2.05) is 77.2 Å². The molecule has 216 valence electrons. The maximum atomic E-state index is 13.1. The normalized spacial score (nSPS) is 15.8. The molecule has 0 spiro atoms. The van der Waals surface area contributed by atoms with E-state index in [0.717, 1.165) is 60.4 Å². The van der Waals surface area contributed by atoms with Crippen molar-refractivity contribution in [1.82, 2.24) is 15.3 Å². The highest BCUT2D eigenvalue weighted by Gasteiger charge is 2.25. The zero-order valence-electron chi connectivity index (χ0n) is 25.2. The molecule has 1 amide bonds. The number of hydrogen-bond acceptors (Lipinski definition) is 3. The molecule has 2 heterocycles. The number of carbonyl (C=O) groups is 1. The Morgan fingerprint density at radius 2 is 1.62 bits per heavy atom. The average Bonchev–Trinajstić information content (AvgIpc) is 3.44. The number of H-pyrrole nitrogens is 1. The summed E-state index contributed by atoms with van der Waals surface area (Å²) in [7, 11) is 2.15. The third-order valence-electron chi connectivity index (χ3n) is 7.10. The maximum Gasteiger partial charge on any atom is 0.253 e. The molecule has 40 heavy (non-hydrogen) atoms. The Bertz CT molecular complexity index is 1290. The van der Waals surface area contributed by atoms with E-state index in [9.17, 15) is 9.18 Å². The van der Waals surface area contributed by atoms with Gasteiger partial charge in [0.25, 0.3) is 5.91 Å². The van der Waals surface area contributed by atoms with Crippen molar-refractivity contribution in [3.8, 4) is 17.0 Å². The summed E-state index contributed by atoms with van der Waals surface area (Å²) in [5.74, 6) is 1.86. The van der Waals surface area contributed by atoms with E-state index < -0.39 is 0 Å². The van der Waals surface area contributed by atoms with Crippen LogP contribution in [0.1, 0.15) is 80.9 Å². The first-order chi connectivity index (χ1) is 19.6. The molecule has 0 atom stereocenters. The van der Waals surface area contributed by atoms with Crippen molar-refractivity contribution in [2.45, 2.75) is 66.2 Å². The van der Waals surface area contributed by atoms with Gasteiger partial charge in [-0.1, -0.05) is 45.9 Å². The van der Waals surface area contributed by atoms with Crippen LogP contribution in [0.15, 0.2) is 66.9 Å². The molecule has 1 fully saturated rings. The third-order valence-corrected chi connectivity index (χ3v) is 7.10.